The number of fused-ring (bicyclic) bond motifs is 5. The highest BCUT2D eigenvalue weighted by molar-refractivity contribution is 6.37. The highest BCUT2D eigenvalue weighted by Gasteiger charge is 2.25. The van der Waals surface area contributed by atoms with Crippen molar-refractivity contribution in [2.45, 2.75) is 6.92 Å². The minimum absolute atomic E-state index is 0.195. The SMILES string of the molecule is CCOC(=O)c1cc(C(=O)c2ccccc2)n2c1ccc1c(Cl)cc3cc(-c4ccc(F)cc4)oc3c12. The van der Waals surface area contributed by atoms with Crippen LogP contribution in [-0.4, -0.2) is 22.8 Å². The molecule has 37 heavy (non-hydrogen) atoms. The summed E-state index contributed by atoms with van der Waals surface area (Å²) < 4.78 is 26.8. The van der Waals surface area contributed by atoms with Gasteiger partial charge in [-0.1, -0.05) is 41.9 Å². The molecular formula is C30H19ClFNO4. The zero-order chi connectivity index (χ0) is 25.7. The van der Waals surface area contributed by atoms with E-state index in [9.17, 15) is 14.0 Å². The van der Waals surface area contributed by atoms with Crippen molar-refractivity contribution in [1.29, 1.82) is 0 Å². The number of ether oxygens (including phenoxy) is 1. The number of benzene rings is 3. The molecule has 0 bridgehead atoms. The van der Waals surface area contributed by atoms with Gasteiger partial charge < -0.3 is 13.6 Å². The maximum absolute atomic E-state index is 13.7. The summed E-state index contributed by atoms with van der Waals surface area (Å²) in [6, 6.07) is 23.5. The summed E-state index contributed by atoms with van der Waals surface area (Å²) in [5.74, 6) is -0.629. The van der Waals surface area contributed by atoms with E-state index < -0.39 is 5.97 Å². The number of hydrogen-bond acceptors (Lipinski definition) is 4. The predicted octanol–water partition coefficient (Wildman–Crippen LogP) is 7.71. The summed E-state index contributed by atoms with van der Waals surface area (Å²) in [5, 5.41) is 1.81. The lowest BCUT2D eigenvalue weighted by molar-refractivity contribution is 0.0529. The molecular weight excluding hydrogens is 493 g/mol. The zero-order valence-electron chi connectivity index (χ0n) is 19.6. The van der Waals surface area contributed by atoms with Crippen LogP contribution in [0.1, 0.15) is 33.3 Å². The fourth-order valence-corrected chi connectivity index (χ4v) is 4.92. The first-order valence-electron chi connectivity index (χ1n) is 11.7. The summed E-state index contributed by atoms with van der Waals surface area (Å²) in [4.78, 5) is 26.6. The predicted molar refractivity (Wildman–Crippen MR) is 141 cm³/mol. The monoisotopic (exact) mass is 511 g/mol. The summed E-state index contributed by atoms with van der Waals surface area (Å²) in [6.45, 7) is 1.92. The van der Waals surface area contributed by atoms with Crippen molar-refractivity contribution in [2.24, 2.45) is 0 Å². The Labute approximate surface area is 215 Å². The number of pyridine rings is 1. The van der Waals surface area contributed by atoms with E-state index in [0.717, 1.165) is 0 Å². The van der Waals surface area contributed by atoms with Crippen molar-refractivity contribution in [2.75, 3.05) is 6.61 Å². The molecule has 0 fully saturated rings. The average molecular weight is 512 g/mol. The Bertz CT molecular complexity index is 1840. The Morgan fingerprint density at radius 3 is 2.46 bits per heavy atom. The molecule has 5 nitrogen and oxygen atoms in total. The van der Waals surface area contributed by atoms with Gasteiger partial charge in [0.25, 0.3) is 0 Å². The molecule has 0 N–H and O–H groups in total. The van der Waals surface area contributed by atoms with Gasteiger partial charge in [-0.3, -0.25) is 4.79 Å². The molecule has 0 amide bonds. The van der Waals surface area contributed by atoms with E-state index >= 15 is 0 Å². The van der Waals surface area contributed by atoms with E-state index in [0.29, 0.717) is 49.3 Å². The molecule has 0 aliphatic carbocycles. The third kappa shape index (κ3) is 3.77. The van der Waals surface area contributed by atoms with Crippen molar-refractivity contribution in [3.8, 4) is 11.3 Å². The van der Waals surface area contributed by atoms with Gasteiger partial charge in [0, 0.05) is 21.9 Å². The van der Waals surface area contributed by atoms with Gasteiger partial charge >= 0.3 is 5.97 Å². The first kappa shape index (κ1) is 23.0. The maximum atomic E-state index is 13.7. The molecule has 0 radical (unpaired) electrons. The van der Waals surface area contributed by atoms with Crippen LogP contribution >= 0.6 is 11.6 Å². The number of carbonyl (C=O) groups is 2. The van der Waals surface area contributed by atoms with Crippen molar-refractivity contribution >= 4 is 50.7 Å². The van der Waals surface area contributed by atoms with Crippen LogP contribution in [0.25, 0.3) is 38.7 Å². The molecule has 0 aliphatic rings. The van der Waals surface area contributed by atoms with Gasteiger partial charge in [0.1, 0.15) is 11.6 Å². The van der Waals surface area contributed by atoms with Crippen LogP contribution in [-0.2, 0) is 4.74 Å². The number of furan rings is 1. The summed E-state index contributed by atoms with van der Waals surface area (Å²) in [7, 11) is 0. The summed E-state index contributed by atoms with van der Waals surface area (Å²) in [6.07, 6.45) is 0. The quantitative estimate of drug-likeness (QED) is 0.176. The van der Waals surface area contributed by atoms with Crippen LogP contribution in [0.5, 0.6) is 0 Å². The fraction of sp³-hybridized carbons (Fsp3) is 0.0667. The highest BCUT2D eigenvalue weighted by Crippen LogP contribution is 2.38. The van der Waals surface area contributed by atoms with Crippen LogP contribution in [0.2, 0.25) is 5.02 Å². The number of esters is 1. The minimum atomic E-state index is -0.531. The maximum Gasteiger partial charge on any atom is 0.340 e. The molecule has 0 unspecified atom stereocenters. The molecule has 0 saturated carbocycles. The van der Waals surface area contributed by atoms with Gasteiger partial charge in [-0.15, -0.1) is 0 Å². The number of halogens is 2. The normalized spacial score (nSPS) is 11.4. The third-order valence-electron chi connectivity index (χ3n) is 6.33. The van der Waals surface area contributed by atoms with Crippen LogP contribution in [0.4, 0.5) is 4.39 Å². The van der Waals surface area contributed by atoms with Gasteiger partial charge in [-0.25, -0.2) is 9.18 Å². The second kappa shape index (κ2) is 8.91. The van der Waals surface area contributed by atoms with Crippen LogP contribution in [0, 0.1) is 5.82 Å². The lowest BCUT2D eigenvalue weighted by Crippen LogP contribution is -2.06. The molecule has 3 aromatic heterocycles. The first-order chi connectivity index (χ1) is 18.0. The Balaban J connectivity index is 1.71. The highest BCUT2D eigenvalue weighted by atomic mass is 35.5. The third-order valence-corrected chi connectivity index (χ3v) is 6.65. The molecule has 0 atom stereocenters. The Hall–Kier alpha value is -4.42. The van der Waals surface area contributed by atoms with E-state index in [2.05, 4.69) is 0 Å². The standard InChI is InChI=1S/C30H19ClFNO4/c1-2-36-30(35)22-16-25(28(34)18-6-4-3-5-7-18)33-24(22)13-12-21-23(31)14-19-15-26(37-29(19)27(21)33)17-8-10-20(32)11-9-17/h3-16H,2H2,1H3. The van der Waals surface area contributed by atoms with Gasteiger partial charge in [-0.05, 0) is 61.5 Å². The molecule has 0 saturated heterocycles. The summed E-state index contributed by atoms with van der Waals surface area (Å²) in [5.41, 5.74) is 3.22. The van der Waals surface area contributed by atoms with Crippen LogP contribution < -0.4 is 0 Å². The lowest BCUT2D eigenvalue weighted by atomic mass is 10.1. The number of ketones is 1. The Kier molecular flexibility index (Phi) is 5.54. The second-order valence-corrected chi connectivity index (χ2v) is 8.98. The van der Waals surface area contributed by atoms with Gasteiger partial charge in [0.15, 0.2) is 5.58 Å². The fourth-order valence-electron chi connectivity index (χ4n) is 4.65. The summed E-state index contributed by atoms with van der Waals surface area (Å²) >= 11 is 6.70. The van der Waals surface area contributed by atoms with E-state index in [4.69, 9.17) is 20.8 Å². The van der Waals surface area contributed by atoms with E-state index in [1.165, 1.54) is 12.1 Å². The van der Waals surface area contributed by atoms with E-state index in [1.54, 1.807) is 72.0 Å². The zero-order valence-corrected chi connectivity index (χ0v) is 20.4. The molecule has 6 rings (SSSR count). The van der Waals surface area contributed by atoms with E-state index in [-0.39, 0.29) is 29.5 Å². The molecule has 0 spiro atoms. The minimum Gasteiger partial charge on any atom is -0.462 e. The molecule has 3 aromatic carbocycles. The first-order valence-corrected chi connectivity index (χ1v) is 12.1. The van der Waals surface area contributed by atoms with Gasteiger partial charge in [0.2, 0.25) is 5.78 Å². The van der Waals surface area contributed by atoms with Crippen molar-refractivity contribution in [3.63, 3.8) is 0 Å². The molecule has 7 heteroatoms. The topological polar surface area (TPSA) is 60.9 Å². The molecule has 3 heterocycles. The number of rotatable bonds is 5. The number of aromatic nitrogens is 1. The van der Waals surface area contributed by atoms with Crippen LogP contribution in [0.3, 0.4) is 0 Å². The molecule has 6 aromatic rings. The van der Waals surface area contributed by atoms with Crippen molar-refractivity contribution in [3.05, 3.63) is 113 Å². The van der Waals surface area contributed by atoms with Crippen molar-refractivity contribution in [1.82, 2.24) is 4.40 Å². The smallest absolute Gasteiger partial charge is 0.340 e. The lowest BCUT2D eigenvalue weighted by Gasteiger charge is -2.10. The average Bonchev–Trinajstić information content (AvgIpc) is 3.51. The second-order valence-electron chi connectivity index (χ2n) is 8.57. The van der Waals surface area contributed by atoms with Crippen LogP contribution in [0.15, 0.2) is 89.3 Å². The number of hydrogen-bond donors (Lipinski definition) is 0. The van der Waals surface area contributed by atoms with Crippen molar-refractivity contribution < 1.29 is 23.1 Å². The number of nitrogens with zero attached hydrogens (tertiary/aromatic N) is 1. The largest absolute Gasteiger partial charge is 0.462 e. The van der Waals surface area contributed by atoms with Gasteiger partial charge in [0.05, 0.1) is 33.9 Å². The van der Waals surface area contributed by atoms with Gasteiger partial charge in [-0.2, -0.15) is 0 Å². The number of carbonyl (C=O) groups excluding carboxylic acids is 2. The van der Waals surface area contributed by atoms with E-state index in [1.807, 2.05) is 12.1 Å². The molecule has 182 valence electrons. The Morgan fingerprint density at radius 2 is 1.73 bits per heavy atom. The molecule has 0 aliphatic heterocycles. The Morgan fingerprint density at radius 1 is 0.973 bits per heavy atom.